The van der Waals surface area contributed by atoms with Crippen LogP contribution in [0.15, 0.2) is 62.1 Å². The number of fused-ring (bicyclic) bond motifs is 1. The van der Waals surface area contributed by atoms with Gasteiger partial charge in [0.25, 0.3) is 5.56 Å². The minimum absolute atomic E-state index is 0.0429. The second kappa shape index (κ2) is 10.4. The number of azo groups is 1. The van der Waals surface area contributed by atoms with Crippen LogP contribution in [0, 0.1) is 6.92 Å². The topological polar surface area (TPSA) is 165 Å². The maximum Gasteiger partial charge on any atom is 0.371 e. The number of carboxylic acids is 1. The summed E-state index contributed by atoms with van der Waals surface area (Å²) in [5.41, 5.74) is 4.59. The predicted molar refractivity (Wildman–Crippen MR) is 140 cm³/mol. The minimum atomic E-state index is -1.25. The van der Waals surface area contributed by atoms with E-state index in [4.69, 9.17) is 4.42 Å². The molecule has 0 saturated carbocycles. The molecule has 0 amide bonds. The Labute approximate surface area is 217 Å². The number of nitrogens with zero attached hydrogens (tertiary/aromatic N) is 3. The summed E-state index contributed by atoms with van der Waals surface area (Å²) in [6, 6.07) is 10.4. The fourth-order valence-electron chi connectivity index (χ4n) is 4.61. The van der Waals surface area contributed by atoms with Gasteiger partial charge >= 0.3 is 5.97 Å². The molecule has 5 N–H and O–H groups in total. The number of aromatic hydroxyl groups is 1. The van der Waals surface area contributed by atoms with Gasteiger partial charge in [-0.1, -0.05) is 6.07 Å². The first kappa shape index (κ1) is 25.0. The highest BCUT2D eigenvalue weighted by atomic mass is 16.4. The number of carboxylic acid groups (broad SMARTS) is 1. The molecule has 0 bridgehead atoms. The zero-order valence-corrected chi connectivity index (χ0v) is 20.7. The molecule has 11 nitrogen and oxygen atoms in total. The van der Waals surface area contributed by atoms with Gasteiger partial charge in [-0.05, 0) is 74.1 Å². The molecule has 0 unspecified atom stereocenters. The number of hydrogen-bond donors (Lipinski definition) is 5. The number of rotatable bonds is 8. The molecule has 0 atom stereocenters. The van der Waals surface area contributed by atoms with Crippen LogP contribution >= 0.6 is 0 Å². The number of nitrogens with one attached hydrogen (secondary N) is 2. The molecule has 0 aliphatic heterocycles. The Morgan fingerprint density at radius 2 is 1.92 bits per heavy atom. The molecule has 4 aromatic rings. The van der Waals surface area contributed by atoms with Crippen molar-refractivity contribution < 1.29 is 24.5 Å². The van der Waals surface area contributed by atoms with Crippen molar-refractivity contribution >= 4 is 23.0 Å². The first-order chi connectivity index (χ1) is 18.4. The first-order valence-electron chi connectivity index (χ1n) is 12.2. The lowest BCUT2D eigenvalue weighted by atomic mass is 9.91. The molecule has 2 aromatic heterocycles. The SMILES string of the molecule is Cc1[nH]n(-c2ccc3c(c2)CCCC3)c(=O)c1N=Nc1cc(NCCO)cc(-c2coc(C(=O)O)c2)c1O. The van der Waals surface area contributed by atoms with E-state index in [-0.39, 0.29) is 47.2 Å². The maximum atomic E-state index is 13.2. The van der Waals surface area contributed by atoms with Crippen LogP contribution in [0.4, 0.5) is 17.1 Å². The third-order valence-electron chi connectivity index (χ3n) is 6.54. The van der Waals surface area contributed by atoms with E-state index in [1.165, 1.54) is 40.6 Å². The maximum absolute atomic E-state index is 13.2. The molecular formula is C27H27N5O6. The summed E-state index contributed by atoms with van der Waals surface area (Å²) >= 11 is 0. The van der Waals surface area contributed by atoms with Crippen LogP contribution in [0.1, 0.15) is 40.2 Å². The summed E-state index contributed by atoms with van der Waals surface area (Å²) < 4.78 is 6.50. The molecule has 0 radical (unpaired) electrons. The third-order valence-corrected chi connectivity index (χ3v) is 6.54. The molecule has 11 heteroatoms. The van der Waals surface area contributed by atoms with Crippen molar-refractivity contribution in [3.63, 3.8) is 0 Å². The highest BCUT2D eigenvalue weighted by Crippen LogP contribution is 2.41. The van der Waals surface area contributed by atoms with Gasteiger partial charge in [0.05, 0.1) is 24.3 Å². The Morgan fingerprint density at radius 3 is 2.66 bits per heavy atom. The van der Waals surface area contributed by atoms with Gasteiger partial charge < -0.3 is 25.1 Å². The summed E-state index contributed by atoms with van der Waals surface area (Å²) in [6.45, 7) is 1.82. The standard InChI is InChI=1S/C27H27N5O6/c1-15-24(26(35)32(31-15)20-7-6-16-4-2-3-5-17(16)10-20)30-29-22-13-19(28-8-9-33)12-21(25(22)34)18-11-23(27(36)37)38-14-18/h6-7,10-14,28,31,33-34H,2-5,8-9H2,1H3,(H,36,37). The Morgan fingerprint density at radius 1 is 1.13 bits per heavy atom. The smallest absolute Gasteiger partial charge is 0.371 e. The van der Waals surface area contributed by atoms with Crippen molar-refractivity contribution in [2.75, 3.05) is 18.5 Å². The quantitative estimate of drug-likeness (QED) is 0.165. The number of aromatic nitrogens is 2. The highest BCUT2D eigenvalue weighted by molar-refractivity contribution is 5.88. The number of aliphatic hydroxyl groups excluding tert-OH is 1. The molecule has 196 valence electrons. The fourth-order valence-corrected chi connectivity index (χ4v) is 4.61. The van der Waals surface area contributed by atoms with Crippen LogP contribution in [0.5, 0.6) is 5.75 Å². The summed E-state index contributed by atoms with van der Waals surface area (Å²) in [5.74, 6) is -1.81. The van der Waals surface area contributed by atoms with Gasteiger partial charge in [-0.2, -0.15) is 0 Å². The Bertz CT molecular complexity index is 1600. The number of carbonyl (C=O) groups is 1. The van der Waals surface area contributed by atoms with Gasteiger partial charge in [0, 0.05) is 23.4 Å². The number of aromatic carboxylic acids is 1. The normalized spacial score (nSPS) is 13.1. The second-order valence-corrected chi connectivity index (χ2v) is 9.13. The minimum Gasteiger partial charge on any atom is -0.505 e. The number of benzene rings is 2. The van der Waals surface area contributed by atoms with Crippen molar-refractivity contribution in [1.29, 1.82) is 0 Å². The number of phenolic OH excluding ortho intramolecular Hbond substituents is 1. The number of aromatic amines is 1. The zero-order chi connectivity index (χ0) is 26.8. The monoisotopic (exact) mass is 517 g/mol. The van der Waals surface area contributed by atoms with E-state index in [0.717, 1.165) is 24.9 Å². The average molecular weight is 518 g/mol. The summed E-state index contributed by atoms with van der Waals surface area (Å²) in [5, 5.41) is 43.7. The highest BCUT2D eigenvalue weighted by Gasteiger charge is 2.18. The number of anilines is 1. The lowest BCUT2D eigenvalue weighted by Crippen LogP contribution is -2.15. The van der Waals surface area contributed by atoms with Crippen LogP contribution in [-0.2, 0) is 12.8 Å². The van der Waals surface area contributed by atoms with Crippen LogP contribution in [0.3, 0.4) is 0 Å². The number of aliphatic hydroxyl groups is 1. The molecule has 5 rings (SSSR count). The molecule has 0 saturated heterocycles. The van der Waals surface area contributed by atoms with E-state index >= 15 is 0 Å². The molecule has 1 aliphatic carbocycles. The van der Waals surface area contributed by atoms with Crippen LogP contribution < -0.4 is 10.9 Å². The molecule has 2 aromatic carbocycles. The first-order valence-corrected chi connectivity index (χ1v) is 12.2. The average Bonchev–Trinajstić information content (AvgIpc) is 3.52. The van der Waals surface area contributed by atoms with Crippen molar-refractivity contribution in [2.45, 2.75) is 32.6 Å². The molecule has 1 aliphatic rings. The van der Waals surface area contributed by atoms with E-state index < -0.39 is 5.97 Å². The summed E-state index contributed by atoms with van der Waals surface area (Å²) in [6.07, 6.45) is 5.54. The van der Waals surface area contributed by atoms with Crippen molar-refractivity contribution in [2.24, 2.45) is 10.2 Å². The van der Waals surface area contributed by atoms with E-state index in [0.29, 0.717) is 16.9 Å². The molecule has 2 heterocycles. The van der Waals surface area contributed by atoms with Crippen molar-refractivity contribution in [3.8, 4) is 22.6 Å². The number of furan rings is 1. The van der Waals surface area contributed by atoms with Gasteiger partial charge in [0.1, 0.15) is 5.69 Å². The second-order valence-electron chi connectivity index (χ2n) is 9.13. The molecule has 0 fully saturated rings. The largest absolute Gasteiger partial charge is 0.505 e. The van der Waals surface area contributed by atoms with E-state index in [1.54, 1.807) is 13.0 Å². The third kappa shape index (κ3) is 4.83. The van der Waals surface area contributed by atoms with E-state index in [9.17, 15) is 24.9 Å². The zero-order valence-electron chi connectivity index (χ0n) is 20.7. The summed E-state index contributed by atoms with van der Waals surface area (Å²) in [7, 11) is 0. The van der Waals surface area contributed by atoms with Gasteiger partial charge in [0.2, 0.25) is 5.76 Å². The van der Waals surface area contributed by atoms with Crippen molar-refractivity contribution in [3.05, 3.63) is 75.6 Å². The van der Waals surface area contributed by atoms with Crippen LogP contribution in [0.2, 0.25) is 0 Å². The number of aryl methyl sites for hydroxylation is 3. The van der Waals surface area contributed by atoms with Gasteiger partial charge in [-0.15, -0.1) is 10.2 Å². The number of phenols is 1. The van der Waals surface area contributed by atoms with Crippen molar-refractivity contribution in [1.82, 2.24) is 9.78 Å². The lowest BCUT2D eigenvalue weighted by molar-refractivity contribution is 0.0662. The Kier molecular flexibility index (Phi) is 6.84. The van der Waals surface area contributed by atoms with Gasteiger partial charge in [-0.3, -0.25) is 9.89 Å². The molecular weight excluding hydrogens is 490 g/mol. The Hall–Kier alpha value is -4.64. The molecule has 38 heavy (non-hydrogen) atoms. The molecule has 0 spiro atoms. The predicted octanol–water partition coefficient (Wildman–Crippen LogP) is 4.84. The Balaban J connectivity index is 1.52. The number of H-pyrrole nitrogens is 1. The van der Waals surface area contributed by atoms with E-state index in [2.05, 4.69) is 26.7 Å². The summed E-state index contributed by atoms with van der Waals surface area (Å²) in [4.78, 5) is 24.5. The van der Waals surface area contributed by atoms with Gasteiger partial charge in [-0.25, -0.2) is 9.48 Å². The fraction of sp³-hybridized carbons (Fsp3) is 0.259. The van der Waals surface area contributed by atoms with Gasteiger partial charge in [0.15, 0.2) is 11.4 Å². The van der Waals surface area contributed by atoms with E-state index in [1.807, 2.05) is 12.1 Å². The number of hydrogen-bond acceptors (Lipinski definition) is 8. The van der Waals surface area contributed by atoms with Crippen LogP contribution in [-0.4, -0.2) is 44.2 Å². The lowest BCUT2D eigenvalue weighted by Gasteiger charge is -2.16. The van der Waals surface area contributed by atoms with Crippen LogP contribution in [0.25, 0.3) is 16.8 Å².